The second-order valence-electron chi connectivity index (χ2n) is 8.12. The second-order valence-corrected chi connectivity index (χ2v) is 8.94. The number of carbonyl (C=O) groups is 1. The first-order valence-electron chi connectivity index (χ1n) is 11.4. The topological polar surface area (TPSA) is 76.4 Å². The number of amides is 1. The van der Waals surface area contributed by atoms with E-state index in [-0.39, 0.29) is 11.0 Å². The third-order valence-electron chi connectivity index (χ3n) is 5.68. The van der Waals surface area contributed by atoms with Gasteiger partial charge in [0, 0.05) is 16.8 Å². The highest BCUT2D eigenvalue weighted by molar-refractivity contribution is 7.80. The van der Waals surface area contributed by atoms with Crippen LogP contribution in [-0.4, -0.2) is 22.6 Å². The second kappa shape index (κ2) is 10.9. The first-order chi connectivity index (χ1) is 16.9. The van der Waals surface area contributed by atoms with Gasteiger partial charge in [0.15, 0.2) is 10.7 Å². The summed E-state index contributed by atoms with van der Waals surface area (Å²) in [4.78, 5) is 17.3. The minimum absolute atomic E-state index is 0.160. The van der Waals surface area contributed by atoms with E-state index in [9.17, 15) is 4.79 Å². The van der Waals surface area contributed by atoms with Gasteiger partial charge in [-0.05, 0) is 85.6 Å². The standard InChI is InChI=1S/C27H26ClN3O3S/c1-4-16(3)17-9-12-24-22(15-17)30-26(34-24)19-7-6-8-20(13-19)29-27(35)31-25(32)18-10-11-23(33-5-2)21(28)14-18/h6-16H,4-5H2,1-3H3,(H2,29,31,32,35)/t16-/m0/s1. The lowest BCUT2D eigenvalue weighted by Gasteiger charge is -2.11. The van der Waals surface area contributed by atoms with Crippen LogP contribution in [0.15, 0.2) is 65.1 Å². The molecule has 0 aliphatic carbocycles. The zero-order valence-electron chi connectivity index (χ0n) is 19.7. The summed E-state index contributed by atoms with van der Waals surface area (Å²) in [5.41, 5.74) is 4.67. The minimum Gasteiger partial charge on any atom is -0.492 e. The van der Waals surface area contributed by atoms with E-state index in [1.54, 1.807) is 18.2 Å². The molecule has 0 unspecified atom stereocenters. The third-order valence-corrected chi connectivity index (χ3v) is 6.18. The lowest BCUT2D eigenvalue weighted by atomic mass is 9.98. The molecular weight excluding hydrogens is 482 g/mol. The first kappa shape index (κ1) is 24.7. The van der Waals surface area contributed by atoms with Crippen molar-refractivity contribution < 1.29 is 13.9 Å². The molecule has 0 radical (unpaired) electrons. The molecule has 1 aromatic heterocycles. The van der Waals surface area contributed by atoms with Crippen molar-refractivity contribution in [3.8, 4) is 17.2 Å². The number of benzene rings is 3. The molecule has 4 rings (SSSR count). The van der Waals surface area contributed by atoms with Crippen LogP contribution in [0.2, 0.25) is 5.02 Å². The first-order valence-corrected chi connectivity index (χ1v) is 12.2. The number of anilines is 1. The molecule has 3 aromatic carbocycles. The maximum atomic E-state index is 12.6. The van der Waals surface area contributed by atoms with Crippen LogP contribution in [0.5, 0.6) is 5.75 Å². The number of rotatable bonds is 7. The van der Waals surface area contributed by atoms with Crippen LogP contribution in [0.3, 0.4) is 0 Å². The van der Waals surface area contributed by atoms with Gasteiger partial charge in [-0.25, -0.2) is 4.98 Å². The van der Waals surface area contributed by atoms with Crippen molar-refractivity contribution in [2.45, 2.75) is 33.1 Å². The highest BCUT2D eigenvalue weighted by atomic mass is 35.5. The Labute approximate surface area is 214 Å². The number of hydrogen-bond acceptors (Lipinski definition) is 5. The highest BCUT2D eigenvalue weighted by Crippen LogP contribution is 2.29. The Morgan fingerprint density at radius 3 is 2.71 bits per heavy atom. The quantitative estimate of drug-likeness (QED) is 0.258. The van der Waals surface area contributed by atoms with E-state index >= 15 is 0 Å². The van der Waals surface area contributed by atoms with E-state index in [1.807, 2.05) is 37.3 Å². The van der Waals surface area contributed by atoms with Crippen molar-refractivity contribution in [1.82, 2.24) is 10.3 Å². The molecule has 0 fully saturated rings. The summed E-state index contributed by atoms with van der Waals surface area (Å²) in [7, 11) is 0. The Kier molecular flexibility index (Phi) is 7.68. The maximum Gasteiger partial charge on any atom is 0.257 e. The monoisotopic (exact) mass is 507 g/mol. The van der Waals surface area contributed by atoms with E-state index in [0.29, 0.717) is 40.4 Å². The third kappa shape index (κ3) is 5.81. The van der Waals surface area contributed by atoms with E-state index in [1.165, 1.54) is 5.56 Å². The Morgan fingerprint density at radius 2 is 1.97 bits per heavy atom. The lowest BCUT2D eigenvalue weighted by molar-refractivity contribution is 0.0977. The minimum atomic E-state index is -0.375. The number of aromatic nitrogens is 1. The molecule has 8 heteroatoms. The molecule has 6 nitrogen and oxygen atoms in total. The van der Waals surface area contributed by atoms with Gasteiger partial charge in [0.1, 0.15) is 11.3 Å². The fraction of sp³-hybridized carbons (Fsp3) is 0.222. The van der Waals surface area contributed by atoms with Crippen LogP contribution in [0, 0.1) is 0 Å². The number of nitrogens with zero attached hydrogens (tertiary/aromatic N) is 1. The Hall–Kier alpha value is -3.42. The molecule has 4 aromatic rings. The SMILES string of the molecule is CCOc1ccc(C(=O)NC(=S)Nc2cccc(-c3nc4cc([C@@H](C)CC)ccc4o3)c2)cc1Cl. The molecule has 1 heterocycles. The van der Waals surface area contributed by atoms with Gasteiger partial charge < -0.3 is 14.5 Å². The molecule has 1 amide bonds. The zero-order valence-corrected chi connectivity index (χ0v) is 21.3. The number of carbonyl (C=O) groups excluding carboxylic acids is 1. The molecule has 0 spiro atoms. The summed E-state index contributed by atoms with van der Waals surface area (Å²) >= 11 is 11.5. The van der Waals surface area contributed by atoms with Gasteiger partial charge in [0.2, 0.25) is 5.89 Å². The number of oxazole rings is 1. The maximum absolute atomic E-state index is 12.6. The van der Waals surface area contributed by atoms with Crippen molar-refractivity contribution in [3.05, 3.63) is 76.8 Å². The Bertz CT molecular complexity index is 1390. The summed E-state index contributed by atoms with van der Waals surface area (Å²) in [5.74, 6) is 1.13. The van der Waals surface area contributed by atoms with E-state index in [4.69, 9.17) is 33.0 Å². The molecule has 0 saturated heterocycles. The van der Waals surface area contributed by atoms with Crippen molar-refractivity contribution in [3.63, 3.8) is 0 Å². The van der Waals surface area contributed by atoms with Crippen molar-refractivity contribution in [1.29, 1.82) is 0 Å². The van der Waals surface area contributed by atoms with Crippen molar-refractivity contribution >= 4 is 51.6 Å². The fourth-order valence-electron chi connectivity index (χ4n) is 3.59. The molecule has 2 N–H and O–H groups in total. The summed E-state index contributed by atoms with van der Waals surface area (Å²) in [6.45, 7) is 6.72. The van der Waals surface area contributed by atoms with Gasteiger partial charge in [0.05, 0.1) is 11.6 Å². The average Bonchev–Trinajstić information content (AvgIpc) is 3.28. The van der Waals surface area contributed by atoms with Crippen LogP contribution in [0.4, 0.5) is 5.69 Å². The van der Waals surface area contributed by atoms with Gasteiger partial charge in [-0.1, -0.05) is 37.6 Å². The summed E-state index contributed by atoms with van der Waals surface area (Å²) < 4.78 is 11.4. The molecule has 35 heavy (non-hydrogen) atoms. The molecule has 0 aliphatic rings. The molecule has 1 atom stereocenters. The van der Waals surface area contributed by atoms with Gasteiger partial charge in [0.25, 0.3) is 5.91 Å². The van der Waals surface area contributed by atoms with Gasteiger partial charge in [-0.3, -0.25) is 10.1 Å². The number of nitrogens with one attached hydrogen (secondary N) is 2. The predicted molar refractivity (Wildman–Crippen MR) is 144 cm³/mol. The van der Waals surface area contributed by atoms with Crippen LogP contribution < -0.4 is 15.4 Å². The largest absolute Gasteiger partial charge is 0.492 e. The number of hydrogen-bond donors (Lipinski definition) is 2. The predicted octanol–water partition coefficient (Wildman–Crippen LogP) is 7.19. The lowest BCUT2D eigenvalue weighted by Crippen LogP contribution is -2.34. The number of halogens is 1. The molecule has 0 bridgehead atoms. The molecule has 180 valence electrons. The van der Waals surface area contributed by atoms with Gasteiger partial charge in [-0.2, -0.15) is 0 Å². The van der Waals surface area contributed by atoms with Crippen LogP contribution in [-0.2, 0) is 0 Å². The van der Waals surface area contributed by atoms with Crippen molar-refractivity contribution in [2.75, 3.05) is 11.9 Å². The van der Waals surface area contributed by atoms with E-state index < -0.39 is 0 Å². The number of ether oxygens (including phenoxy) is 1. The number of thiocarbonyl (C=S) groups is 1. The normalized spacial score (nSPS) is 11.8. The van der Waals surface area contributed by atoms with E-state index in [0.717, 1.165) is 23.1 Å². The Morgan fingerprint density at radius 1 is 1.14 bits per heavy atom. The molecule has 0 aliphatic heterocycles. The highest BCUT2D eigenvalue weighted by Gasteiger charge is 2.13. The number of fused-ring (bicyclic) bond motifs is 1. The molecule has 0 saturated carbocycles. The summed E-state index contributed by atoms with van der Waals surface area (Å²) in [6.07, 6.45) is 1.06. The van der Waals surface area contributed by atoms with Crippen LogP contribution in [0.25, 0.3) is 22.6 Å². The molecular formula is C27H26ClN3O3S. The fourth-order valence-corrected chi connectivity index (χ4v) is 4.04. The van der Waals surface area contributed by atoms with Crippen LogP contribution in [0.1, 0.15) is 49.0 Å². The van der Waals surface area contributed by atoms with Crippen LogP contribution >= 0.6 is 23.8 Å². The van der Waals surface area contributed by atoms with Crippen molar-refractivity contribution in [2.24, 2.45) is 0 Å². The summed E-state index contributed by atoms with van der Waals surface area (Å²) in [6, 6.07) is 18.5. The summed E-state index contributed by atoms with van der Waals surface area (Å²) in [5, 5.41) is 6.23. The smallest absolute Gasteiger partial charge is 0.257 e. The van der Waals surface area contributed by atoms with E-state index in [2.05, 4.69) is 41.6 Å². The van der Waals surface area contributed by atoms with Gasteiger partial charge in [-0.15, -0.1) is 0 Å². The Balaban J connectivity index is 1.46. The zero-order chi connectivity index (χ0) is 24.9. The average molecular weight is 508 g/mol. The van der Waals surface area contributed by atoms with Gasteiger partial charge >= 0.3 is 0 Å².